The average Bonchev–Trinajstić information content (AvgIpc) is 2.23. The van der Waals surface area contributed by atoms with E-state index in [0.717, 1.165) is 15.6 Å². The second-order valence-electron chi connectivity index (χ2n) is 3.39. The summed E-state index contributed by atoms with van der Waals surface area (Å²) in [4.78, 5) is 11.1. The van der Waals surface area contributed by atoms with Crippen molar-refractivity contribution in [2.75, 3.05) is 7.11 Å². The SMILES string of the molecule is COC(=O)C(O)c1cc(C)c(Br)c(C)c1. The van der Waals surface area contributed by atoms with E-state index in [1.165, 1.54) is 7.11 Å². The number of aryl methyl sites for hydroxylation is 2. The van der Waals surface area contributed by atoms with E-state index in [1.807, 2.05) is 13.8 Å². The predicted molar refractivity (Wildman–Crippen MR) is 60.6 cm³/mol. The van der Waals surface area contributed by atoms with Gasteiger partial charge in [0.25, 0.3) is 0 Å². The molecular formula is C11H13BrO3. The summed E-state index contributed by atoms with van der Waals surface area (Å²) < 4.78 is 5.46. The molecule has 15 heavy (non-hydrogen) atoms. The van der Waals surface area contributed by atoms with E-state index < -0.39 is 12.1 Å². The fourth-order valence-electron chi connectivity index (χ4n) is 1.38. The van der Waals surface area contributed by atoms with Crippen LogP contribution in [0.5, 0.6) is 0 Å². The highest BCUT2D eigenvalue weighted by molar-refractivity contribution is 9.10. The molecule has 1 rings (SSSR count). The van der Waals surface area contributed by atoms with Gasteiger partial charge in [-0.25, -0.2) is 4.79 Å². The van der Waals surface area contributed by atoms with Crippen molar-refractivity contribution in [1.29, 1.82) is 0 Å². The van der Waals surface area contributed by atoms with Gasteiger partial charge in [-0.1, -0.05) is 28.1 Å². The Kier molecular flexibility index (Phi) is 3.88. The third-order valence-corrected chi connectivity index (χ3v) is 3.45. The maximum Gasteiger partial charge on any atom is 0.339 e. The van der Waals surface area contributed by atoms with Crippen LogP contribution in [0.15, 0.2) is 16.6 Å². The maximum absolute atomic E-state index is 11.1. The van der Waals surface area contributed by atoms with E-state index >= 15 is 0 Å². The highest BCUT2D eigenvalue weighted by atomic mass is 79.9. The number of rotatable bonds is 2. The van der Waals surface area contributed by atoms with Crippen LogP contribution >= 0.6 is 15.9 Å². The highest BCUT2D eigenvalue weighted by Crippen LogP contribution is 2.25. The van der Waals surface area contributed by atoms with Crippen molar-refractivity contribution in [1.82, 2.24) is 0 Å². The molecule has 1 aromatic rings. The number of aliphatic hydroxyl groups excluding tert-OH is 1. The van der Waals surface area contributed by atoms with Crippen molar-refractivity contribution in [3.05, 3.63) is 33.3 Å². The van der Waals surface area contributed by atoms with Gasteiger partial charge in [-0.05, 0) is 30.5 Å². The Morgan fingerprint density at radius 1 is 1.40 bits per heavy atom. The van der Waals surface area contributed by atoms with Crippen molar-refractivity contribution in [3.8, 4) is 0 Å². The lowest BCUT2D eigenvalue weighted by Crippen LogP contribution is -2.13. The van der Waals surface area contributed by atoms with Crippen LogP contribution in [0.25, 0.3) is 0 Å². The molecule has 0 spiro atoms. The van der Waals surface area contributed by atoms with Crippen LogP contribution in [0.1, 0.15) is 22.8 Å². The molecule has 0 fully saturated rings. The topological polar surface area (TPSA) is 46.5 Å². The molecule has 1 atom stereocenters. The summed E-state index contributed by atoms with van der Waals surface area (Å²) in [5.41, 5.74) is 2.51. The van der Waals surface area contributed by atoms with Gasteiger partial charge in [0.05, 0.1) is 7.11 Å². The molecule has 1 unspecified atom stereocenters. The fourth-order valence-corrected chi connectivity index (χ4v) is 1.61. The minimum absolute atomic E-state index is 0.556. The Balaban J connectivity index is 3.11. The van der Waals surface area contributed by atoms with E-state index in [1.54, 1.807) is 12.1 Å². The molecule has 0 heterocycles. The summed E-state index contributed by atoms with van der Waals surface area (Å²) in [7, 11) is 1.25. The van der Waals surface area contributed by atoms with Crippen LogP contribution in [0.3, 0.4) is 0 Å². The number of aliphatic hydroxyl groups is 1. The number of halogens is 1. The Morgan fingerprint density at radius 3 is 2.27 bits per heavy atom. The predicted octanol–water partition coefficient (Wildman–Crippen LogP) is 2.27. The van der Waals surface area contributed by atoms with E-state index in [4.69, 9.17) is 0 Å². The molecule has 0 saturated carbocycles. The number of carbonyl (C=O) groups excluding carboxylic acids is 1. The van der Waals surface area contributed by atoms with E-state index in [2.05, 4.69) is 20.7 Å². The zero-order valence-electron chi connectivity index (χ0n) is 8.87. The van der Waals surface area contributed by atoms with Crippen LogP contribution in [-0.2, 0) is 9.53 Å². The fraction of sp³-hybridized carbons (Fsp3) is 0.364. The van der Waals surface area contributed by atoms with Crippen molar-refractivity contribution in [2.45, 2.75) is 20.0 Å². The summed E-state index contributed by atoms with van der Waals surface area (Å²) >= 11 is 3.42. The first kappa shape index (κ1) is 12.2. The number of esters is 1. The number of benzene rings is 1. The van der Waals surface area contributed by atoms with Gasteiger partial charge in [0.15, 0.2) is 6.10 Å². The van der Waals surface area contributed by atoms with Gasteiger partial charge in [0, 0.05) is 4.47 Å². The molecule has 0 aliphatic heterocycles. The van der Waals surface area contributed by atoms with Gasteiger partial charge >= 0.3 is 5.97 Å². The van der Waals surface area contributed by atoms with Gasteiger partial charge in [-0.15, -0.1) is 0 Å². The number of carbonyl (C=O) groups is 1. The van der Waals surface area contributed by atoms with Crippen molar-refractivity contribution in [3.63, 3.8) is 0 Å². The third-order valence-electron chi connectivity index (χ3n) is 2.20. The monoisotopic (exact) mass is 272 g/mol. The molecule has 1 aromatic carbocycles. The van der Waals surface area contributed by atoms with Crippen LogP contribution in [0, 0.1) is 13.8 Å². The number of ether oxygens (including phenoxy) is 1. The molecule has 0 bridgehead atoms. The first-order valence-corrected chi connectivity index (χ1v) is 5.29. The largest absolute Gasteiger partial charge is 0.467 e. The molecule has 4 heteroatoms. The molecule has 0 saturated heterocycles. The van der Waals surface area contributed by atoms with Crippen LogP contribution in [0.2, 0.25) is 0 Å². The van der Waals surface area contributed by atoms with Gasteiger partial charge in [-0.3, -0.25) is 0 Å². The third kappa shape index (κ3) is 2.58. The molecule has 0 aliphatic carbocycles. The molecular weight excluding hydrogens is 260 g/mol. The quantitative estimate of drug-likeness (QED) is 0.841. The zero-order valence-corrected chi connectivity index (χ0v) is 10.5. The average molecular weight is 273 g/mol. The summed E-state index contributed by atoms with van der Waals surface area (Å²) in [6, 6.07) is 3.53. The van der Waals surface area contributed by atoms with Gasteiger partial charge in [-0.2, -0.15) is 0 Å². The Labute approximate surface area is 97.2 Å². The van der Waals surface area contributed by atoms with Gasteiger partial charge in [0.2, 0.25) is 0 Å². The standard InChI is InChI=1S/C11H13BrO3/c1-6-4-8(5-7(2)9(6)12)10(13)11(14)15-3/h4-5,10,13H,1-3H3. The lowest BCUT2D eigenvalue weighted by atomic mass is 10.0. The minimum atomic E-state index is -1.21. The van der Waals surface area contributed by atoms with E-state index in [-0.39, 0.29) is 0 Å². The second-order valence-corrected chi connectivity index (χ2v) is 4.19. The molecule has 0 aliphatic rings. The molecule has 82 valence electrons. The highest BCUT2D eigenvalue weighted by Gasteiger charge is 2.18. The Hall–Kier alpha value is -0.870. The molecule has 0 aromatic heterocycles. The summed E-state index contributed by atoms with van der Waals surface area (Å²) in [5.74, 6) is -0.642. The van der Waals surface area contributed by atoms with Gasteiger partial charge < -0.3 is 9.84 Å². The molecule has 0 amide bonds. The maximum atomic E-state index is 11.1. The normalized spacial score (nSPS) is 12.3. The first-order valence-electron chi connectivity index (χ1n) is 4.50. The van der Waals surface area contributed by atoms with Crippen molar-refractivity contribution in [2.24, 2.45) is 0 Å². The first-order chi connectivity index (χ1) is 6.97. The lowest BCUT2D eigenvalue weighted by Gasteiger charge is -2.12. The molecule has 1 N–H and O–H groups in total. The Bertz CT molecular complexity index is 364. The van der Waals surface area contributed by atoms with E-state index in [9.17, 15) is 9.90 Å². The van der Waals surface area contributed by atoms with Crippen LogP contribution in [0.4, 0.5) is 0 Å². The lowest BCUT2D eigenvalue weighted by molar-refractivity contribution is -0.150. The zero-order chi connectivity index (χ0) is 11.6. The number of methoxy groups -OCH3 is 1. The van der Waals surface area contributed by atoms with Crippen molar-refractivity contribution < 1.29 is 14.6 Å². The van der Waals surface area contributed by atoms with Gasteiger partial charge in [0.1, 0.15) is 0 Å². The molecule has 0 radical (unpaired) electrons. The molecule has 3 nitrogen and oxygen atoms in total. The van der Waals surface area contributed by atoms with E-state index in [0.29, 0.717) is 5.56 Å². The number of hydrogen-bond acceptors (Lipinski definition) is 3. The minimum Gasteiger partial charge on any atom is -0.467 e. The number of hydrogen-bond donors (Lipinski definition) is 1. The smallest absolute Gasteiger partial charge is 0.339 e. The van der Waals surface area contributed by atoms with Crippen molar-refractivity contribution >= 4 is 21.9 Å². The summed E-state index contributed by atoms with van der Waals surface area (Å²) in [6.45, 7) is 3.81. The summed E-state index contributed by atoms with van der Waals surface area (Å²) in [6.07, 6.45) is -1.21. The Morgan fingerprint density at radius 2 is 1.87 bits per heavy atom. The summed E-state index contributed by atoms with van der Waals surface area (Å²) in [5, 5.41) is 9.64. The van der Waals surface area contributed by atoms with Crippen LogP contribution in [-0.4, -0.2) is 18.2 Å². The van der Waals surface area contributed by atoms with Crippen LogP contribution < -0.4 is 0 Å². The second kappa shape index (κ2) is 4.77.